The van der Waals surface area contributed by atoms with Gasteiger partial charge in [-0.15, -0.1) is 0 Å². The van der Waals surface area contributed by atoms with E-state index in [9.17, 15) is 22.7 Å². The molecule has 0 bridgehead atoms. The molecular weight excluding hydrogens is 393 g/mol. The number of carboxylic acids is 1. The fourth-order valence-corrected chi connectivity index (χ4v) is 3.75. The average Bonchev–Trinajstić information content (AvgIpc) is 2.43. The number of nitrogens with one attached hydrogen (secondary N) is 1. The van der Waals surface area contributed by atoms with Crippen molar-refractivity contribution in [2.24, 2.45) is 0 Å². The van der Waals surface area contributed by atoms with Crippen molar-refractivity contribution in [1.82, 2.24) is 0 Å². The summed E-state index contributed by atoms with van der Waals surface area (Å²) in [6.45, 7) is 1.50. The maximum absolute atomic E-state index is 13.0. The lowest BCUT2D eigenvalue weighted by atomic mass is 10.1. The van der Waals surface area contributed by atoms with Crippen LogP contribution in [0.4, 0.5) is 10.1 Å². The summed E-state index contributed by atoms with van der Waals surface area (Å²) in [4.78, 5) is 10.5. The zero-order chi connectivity index (χ0) is 17.4. The summed E-state index contributed by atoms with van der Waals surface area (Å²) in [5.41, 5.74) is -0.133. The fourth-order valence-electron chi connectivity index (χ4n) is 1.89. The molecule has 0 aromatic heterocycles. The van der Waals surface area contributed by atoms with Crippen LogP contribution in [0.15, 0.2) is 39.7 Å². The van der Waals surface area contributed by atoms with Gasteiger partial charge in [0.2, 0.25) is 0 Å². The molecule has 0 aliphatic heterocycles. The van der Waals surface area contributed by atoms with Crippen LogP contribution in [0.5, 0.6) is 5.75 Å². The Kier molecular flexibility index (Phi) is 4.62. The molecule has 0 radical (unpaired) electrons. The average molecular weight is 404 g/mol. The Morgan fingerprint density at radius 2 is 1.91 bits per heavy atom. The van der Waals surface area contributed by atoms with Crippen LogP contribution < -0.4 is 4.72 Å². The van der Waals surface area contributed by atoms with Crippen LogP contribution in [-0.4, -0.2) is 24.6 Å². The Morgan fingerprint density at radius 1 is 1.26 bits per heavy atom. The van der Waals surface area contributed by atoms with Crippen LogP contribution in [0.3, 0.4) is 0 Å². The molecule has 0 saturated carbocycles. The van der Waals surface area contributed by atoms with Crippen LogP contribution in [0, 0.1) is 12.7 Å². The van der Waals surface area contributed by atoms with Crippen molar-refractivity contribution in [2.45, 2.75) is 11.8 Å². The minimum absolute atomic E-state index is 0.0455. The van der Waals surface area contributed by atoms with E-state index in [1.165, 1.54) is 13.0 Å². The first-order valence-electron chi connectivity index (χ1n) is 6.16. The molecule has 0 atom stereocenters. The number of aromatic carboxylic acids is 1. The summed E-state index contributed by atoms with van der Waals surface area (Å²) in [5.74, 6) is -2.88. The number of anilines is 1. The molecule has 0 aliphatic rings. The maximum Gasteiger partial charge on any atom is 0.339 e. The largest absolute Gasteiger partial charge is 0.506 e. The number of aryl methyl sites for hydroxylation is 1. The van der Waals surface area contributed by atoms with Crippen molar-refractivity contribution in [2.75, 3.05) is 4.72 Å². The molecule has 6 nitrogen and oxygen atoms in total. The van der Waals surface area contributed by atoms with Gasteiger partial charge in [-0.2, -0.15) is 0 Å². The lowest BCUT2D eigenvalue weighted by molar-refractivity contribution is 0.0693. The Hall–Kier alpha value is -2.13. The van der Waals surface area contributed by atoms with Crippen LogP contribution in [0.25, 0.3) is 0 Å². The lowest BCUT2D eigenvalue weighted by Gasteiger charge is -2.13. The number of carbonyl (C=O) groups is 1. The third kappa shape index (κ3) is 3.62. The number of phenols is 1. The van der Waals surface area contributed by atoms with Crippen molar-refractivity contribution in [3.63, 3.8) is 0 Å². The van der Waals surface area contributed by atoms with E-state index in [0.717, 1.165) is 24.3 Å². The Labute approximate surface area is 139 Å². The third-order valence-corrected chi connectivity index (χ3v) is 4.95. The van der Waals surface area contributed by atoms with E-state index in [1.54, 1.807) is 0 Å². The molecule has 0 unspecified atom stereocenters. The van der Waals surface area contributed by atoms with Gasteiger partial charge in [-0.1, -0.05) is 0 Å². The van der Waals surface area contributed by atoms with E-state index < -0.39 is 38.0 Å². The molecule has 9 heteroatoms. The van der Waals surface area contributed by atoms with E-state index in [2.05, 4.69) is 20.7 Å². The van der Waals surface area contributed by atoms with Gasteiger partial charge in [-0.3, -0.25) is 4.72 Å². The van der Waals surface area contributed by atoms with Crippen LogP contribution in [0.2, 0.25) is 0 Å². The van der Waals surface area contributed by atoms with Crippen molar-refractivity contribution < 1.29 is 27.8 Å². The molecule has 122 valence electrons. The summed E-state index contributed by atoms with van der Waals surface area (Å²) >= 11 is 3.02. The molecule has 2 aromatic carbocycles. The first-order chi connectivity index (χ1) is 10.6. The third-order valence-electron chi connectivity index (χ3n) is 2.91. The smallest absolute Gasteiger partial charge is 0.339 e. The highest BCUT2D eigenvalue weighted by Crippen LogP contribution is 2.32. The highest BCUT2D eigenvalue weighted by atomic mass is 79.9. The van der Waals surface area contributed by atoms with Gasteiger partial charge in [-0.05, 0) is 58.7 Å². The monoisotopic (exact) mass is 403 g/mol. The van der Waals surface area contributed by atoms with Gasteiger partial charge in [-0.25, -0.2) is 17.6 Å². The van der Waals surface area contributed by atoms with Gasteiger partial charge in [0.1, 0.15) is 16.3 Å². The molecular formula is C14H11BrFNO5S. The lowest BCUT2D eigenvalue weighted by Crippen LogP contribution is -2.15. The molecule has 0 saturated heterocycles. The molecule has 23 heavy (non-hydrogen) atoms. The first-order valence-corrected chi connectivity index (χ1v) is 8.44. The molecule has 0 spiro atoms. The van der Waals surface area contributed by atoms with E-state index in [0.29, 0.717) is 5.56 Å². The zero-order valence-electron chi connectivity index (χ0n) is 11.7. The second-order valence-electron chi connectivity index (χ2n) is 4.69. The molecule has 0 aliphatic carbocycles. The number of rotatable bonds is 4. The molecule has 2 aromatic rings. The first kappa shape index (κ1) is 17.2. The zero-order valence-corrected chi connectivity index (χ0v) is 14.1. The minimum atomic E-state index is -4.27. The molecule has 0 heterocycles. The van der Waals surface area contributed by atoms with E-state index in [-0.39, 0.29) is 10.2 Å². The van der Waals surface area contributed by atoms with E-state index in [4.69, 9.17) is 5.11 Å². The summed E-state index contributed by atoms with van der Waals surface area (Å²) in [5, 5.41) is 19.0. The summed E-state index contributed by atoms with van der Waals surface area (Å²) < 4.78 is 40.2. The highest BCUT2D eigenvalue weighted by molar-refractivity contribution is 9.10. The van der Waals surface area contributed by atoms with Gasteiger partial charge in [0, 0.05) is 4.47 Å². The van der Waals surface area contributed by atoms with Gasteiger partial charge in [0.25, 0.3) is 10.0 Å². The Bertz CT molecular complexity index is 898. The van der Waals surface area contributed by atoms with Gasteiger partial charge in [0.15, 0.2) is 5.75 Å². The molecule has 3 N–H and O–H groups in total. The normalized spacial score (nSPS) is 11.3. The standard InChI is InChI=1S/C14H11BrFNO5S/c1-7-4-9(14(19)20)13(18)12(5-7)23(21,22)17-11-3-2-8(16)6-10(11)15/h2-6,17-18H,1H3,(H,19,20). The van der Waals surface area contributed by atoms with Crippen molar-refractivity contribution in [3.05, 3.63) is 51.7 Å². The minimum Gasteiger partial charge on any atom is -0.506 e. The topological polar surface area (TPSA) is 104 Å². The predicted molar refractivity (Wildman–Crippen MR) is 84.7 cm³/mol. The maximum atomic E-state index is 13.0. The van der Waals surface area contributed by atoms with Crippen molar-refractivity contribution in [1.29, 1.82) is 0 Å². The summed E-state index contributed by atoms with van der Waals surface area (Å²) in [7, 11) is -4.27. The molecule has 2 rings (SSSR count). The SMILES string of the molecule is Cc1cc(C(=O)O)c(O)c(S(=O)(=O)Nc2ccc(F)cc2Br)c1. The number of hydrogen-bond acceptors (Lipinski definition) is 4. The number of hydrogen-bond donors (Lipinski definition) is 3. The molecule has 0 fully saturated rings. The fraction of sp³-hybridized carbons (Fsp3) is 0.0714. The number of halogens is 2. The highest BCUT2D eigenvalue weighted by Gasteiger charge is 2.25. The van der Waals surface area contributed by atoms with E-state index in [1.807, 2.05) is 0 Å². The Balaban J connectivity index is 2.54. The van der Waals surface area contributed by atoms with Crippen molar-refractivity contribution >= 4 is 37.6 Å². The second-order valence-corrected chi connectivity index (χ2v) is 7.20. The van der Waals surface area contributed by atoms with Gasteiger partial charge in [0.05, 0.1) is 5.69 Å². The van der Waals surface area contributed by atoms with Crippen LogP contribution in [0.1, 0.15) is 15.9 Å². The second kappa shape index (κ2) is 6.17. The summed E-state index contributed by atoms with van der Waals surface area (Å²) in [6.07, 6.45) is 0. The van der Waals surface area contributed by atoms with Crippen LogP contribution >= 0.6 is 15.9 Å². The number of benzene rings is 2. The molecule has 0 amide bonds. The quantitative estimate of drug-likeness (QED) is 0.727. The number of aromatic hydroxyl groups is 1. The van der Waals surface area contributed by atoms with Gasteiger partial charge < -0.3 is 10.2 Å². The predicted octanol–water partition coefficient (Wildman–Crippen LogP) is 3.10. The Morgan fingerprint density at radius 3 is 2.48 bits per heavy atom. The van der Waals surface area contributed by atoms with Gasteiger partial charge >= 0.3 is 5.97 Å². The van der Waals surface area contributed by atoms with Crippen molar-refractivity contribution in [3.8, 4) is 5.75 Å². The number of sulfonamides is 1. The van der Waals surface area contributed by atoms with E-state index >= 15 is 0 Å². The number of carboxylic acid groups (broad SMARTS) is 1. The summed E-state index contributed by atoms with van der Waals surface area (Å²) in [6, 6.07) is 5.62. The van der Waals surface area contributed by atoms with Crippen LogP contribution in [-0.2, 0) is 10.0 Å².